The Morgan fingerprint density at radius 3 is 2.45 bits per heavy atom. The number of nitrogens with zero attached hydrogens (tertiary/aromatic N) is 5. The van der Waals surface area contributed by atoms with E-state index < -0.39 is 32.1 Å². The molecule has 1 unspecified atom stereocenters. The third-order valence-electron chi connectivity index (χ3n) is 8.54. The zero-order valence-electron chi connectivity index (χ0n) is 25.8. The highest BCUT2D eigenvalue weighted by atomic mass is 31.2. The SMILES string of the molecule is C[C@H]1C2N(C(=O)CN(C)N2C(=O)NCc2ccccc2)[C@@H](Cc2ccccc2OP(=O)(O)O)C(=O)N1Cc1cccc2cccnc12. The second-order valence-corrected chi connectivity index (χ2v) is 12.8. The van der Waals surface area contributed by atoms with E-state index in [1.165, 1.54) is 16.0 Å². The van der Waals surface area contributed by atoms with Gasteiger partial charge in [0.2, 0.25) is 11.8 Å². The standard InChI is InChI=1S/C33H35N6O7P/c1-22-31-38(29(40)21-36(2)39(31)33(42)35-19-23-10-4-3-5-11-23)27(18-25-12-6-7-16-28(25)46-47(43,44)45)32(41)37(22)20-26-14-8-13-24-15-9-17-34-30(24)26/h3-17,22,27,31H,18-21H2,1-2H3,(H,35,42)(H2,43,44,45)/t22-,27-,31?/m0/s1. The summed E-state index contributed by atoms with van der Waals surface area (Å²) >= 11 is 0. The molecule has 13 nitrogen and oxygen atoms in total. The molecular weight excluding hydrogens is 623 g/mol. The van der Waals surface area contributed by atoms with Crippen LogP contribution in [0.15, 0.2) is 91.1 Å². The van der Waals surface area contributed by atoms with Crippen molar-refractivity contribution in [1.29, 1.82) is 0 Å². The number of aromatic nitrogens is 1. The van der Waals surface area contributed by atoms with Gasteiger partial charge in [0.15, 0.2) is 0 Å². The van der Waals surface area contributed by atoms with Crippen molar-refractivity contribution in [3.05, 3.63) is 108 Å². The second kappa shape index (κ2) is 13.1. The van der Waals surface area contributed by atoms with E-state index in [9.17, 15) is 28.7 Å². The summed E-state index contributed by atoms with van der Waals surface area (Å²) in [6.45, 7) is 2.03. The summed E-state index contributed by atoms with van der Waals surface area (Å²) in [7, 11) is -3.28. The second-order valence-electron chi connectivity index (χ2n) is 11.6. The highest BCUT2D eigenvalue weighted by molar-refractivity contribution is 7.46. The molecule has 3 N–H and O–H groups in total. The van der Waals surface area contributed by atoms with Crippen LogP contribution < -0.4 is 9.84 Å². The largest absolute Gasteiger partial charge is 0.524 e. The number of hydrogen-bond acceptors (Lipinski definition) is 7. The maximum atomic E-state index is 14.5. The van der Waals surface area contributed by atoms with Gasteiger partial charge in [0.1, 0.15) is 18.0 Å². The number of hydrazine groups is 1. The molecule has 3 heterocycles. The van der Waals surface area contributed by atoms with Crippen molar-refractivity contribution in [2.75, 3.05) is 13.6 Å². The van der Waals surface area contributed by atoms with E-state index in [2.05, 4.69) is 10.3 Å². The van der Waals surface area contributed by atoms with Gasteiger partial charge in [0.25, 0.3) is 0 Å². The molecule has 0 aliphatic carbocycles. The summed E-state index contributed by atoms with van der Waals surface area (Å²) in [5.41, 5.74) is 2.73. The van der Waals surface area contributed by atoms with Crippen LogP contribution in [0.5, 0.6) is 5.75 Å². The molecule has 2 aliphatic rings. The third kappa shape index (κ3) is 6.70. The molecule has 244 valence electrons. The van der Waals surface area contributed by atoms with Crippen LogP contribution in [0, 0.1) is 0 Å². The van der Waals surface area contributed by atoms with Gasteiger partial charge in [-0.05, 0) is 35.7 Å². The number of carbonyl (C=O) groups is 3. The van der Waals surface area contributed by atoms with Gasteiger partial charge in [-0.3, -0.25) is 24.4 Å². The number of hydrogen-bond donors (Lipinski definition) is 3. The lowest BCUT2D eigenvalue weighted by Gasteiger charge is -2.57. The van der Waals surface area contributed by atoms with Crippen molar-refractivity contribution < 1.29 is 33.3 Å². The maximum absolute atomic E-state index is 14.5. The minimum atomic E-state index is -4.93. The summed E-state index contributed by atoms with van der Waals surface area (Å²) in [4.78, 5) is 69.0. The Kier molecular flexibility index (Phi) is 8.98. The molecule has 4 amide bonds. The number of urea groups is 1. The summed E-state index contributed by atoms with van der Waals surface area (Å²) in [6, 6.07) is 22.9. The van der Waals surface area contributed by atoms with Crippen LogP contribution in [0.4, 0.5) is 4.79 Å². The molecule has 0 spiro atoms. The summed E-state index contributed by atoms with van der Waals surface area (Å²) < 4.78 is 16.7. The average molecular weight is 659 g/mol. The topological polar surface area (TPSA) is 156 Å². The van der Waals surface area contributed by atoms with Crippen molar-refractivity contribution in [2.45, 2.75) is 44.7 Å². The Morgan fingerprint density at radius 2 is 1.68 bits per heavy atom. The molecule has 0 bridgehead atoms. The van der Waals surface area contributed by atoms with Gasteiger partial charge in [-0.2, -0.15) is 0 Å². The number of benzene rings is 3. The van der Waals surface area contributed by atoms with Crippen LogP contribution >= 0.6 is 7.82 Å². The maximum Gasteiger partial charge on any atom is 0.524 e. The fourth-order valence-electron chi connectivity index (χ4n) is 6.40. The number of nitrogens with one attached hydrogen (secondary N) is 1. The summed E-state index contributed by atoms with van der Waals surface area (Å²) in [5, 5.41) is 6.88. The lowest BCUT2D eigenvalue weighted by Crippen LogP contribution is -2.78. The number of likely N-dealkylation sites (N-methyl/N-ethyl adjacent to an activating group) is 1. The molecule has 6 rings (SSSR count). The van der Waals surface area contributed by atoms with Crippen molar-refractivity contribution in [1.82, 2.24) is 30.1 Å². The number of piperazine rings is 1. The van der Waals surface area contributed by atoms with E-state index in [4.69, 9.17) is 4.52 Å². The van der Waals surface area contributed by atoms with Gasteiger partial charge in [-0.25, -0.2) is 19.4 Å². The molecule has 0 radical (unpaired) electrons. The minimum Gasteiger partial charge on any atom is -0.404 e. The molecular formula is C33H35N6O7P. The van der Waals surface area contributed by atoms with E-state index >= 15 is 0 Å². The van der Waals surface area contributed by atoms with Crippen molar-refractivity contribution >= 4 is 36.6 Å². The Morgan fingerprint density at radius 1 is 0.979 bits per heavy atom. The monoisotopic (exact) mass is 658 g/mol. The van der Waals surface area contributed by atoms with Crippen molar-refractivity contribution in [3.8, 4) is 5.75 Å². The normalized spacial score (nSPS) is 20.3. The predicted molar refractivity (Wildman–Crippen MR) is 172 cm³/mol. The lowest BCUT2D eigenvalue weighted by molar-refractivity contribution is -0.196. The van der Waals surface area contributed by atoms with Crippen molar-refractivity contribution in [2.24, 2.45) is 0 Å². The fourth-order valence-corrected chi connectivity index (χ4v) is 6.84. The number of amides is 4. The van der Waals surface area contributed by atoms with Crippen LogP contribution in [0.3, 0.4) is 0 Å². The van der Waals surface area contributed by atoms with Crippen LogP contribution in [-0.4, -0.2) is 84.3 Å². The van der Waals surface area contributed by atoms with Gasteiger partial charge in [0.05, 0.1) is 18.1 Å². The first-order valence-corrected chi connectivity index (χ1v) is 16.6. The molecule has 4 aromatic rings. The van der Waals surface area contributed by atoms with Gasteiger partial charge in [0, 0.05) is 38.1 Å². The van der Waals surface area contributed by atoms with E-state index in [-0.39, 0.29) is 43.6 Å². The number of para-hydroxylation sites is 2. The van der Waals surface area contributed by atoms with E-state index in [0.29, 0.717) is 5.56 Å². The molecule has 2 fully saturated rings. The minimum absolute atomic E-state index is 0.104. The Hall–Kier alpha value is -4.81. The van der Waals surface area contributed by atoms with Gasteiger partial charge < -0.3 is 19.6 Å². The summed E-state index contributed by atoms with van der Waals surface area (Å²) in [6.07, 6.45) is 0.665. The Bertz CT molecular complexity index is 1850. The molecule has 0 saturated carbocycles. The summed E-state index contributed by atoms with van der Waals surface area (Å²) in [5.74, 6) is -0.850. The van der Waals surface area contributed by atoms with Crippen LogP contribution in [0.2, 0.25) is 0 Å². The molecule has 2 saturated heterocycles. The van der Waals surface area contributed by atoms with Crippen LogP contribution in [0.1, 0.15) is 23.6 Å². The third-order valence-corrected chi connectivity index (χ3v) is 8.97. The Labute approximate surface area is 271 Å². The fraction of sp³-hybridized carbons (Fsp3) is 0.273. The van der Waals surface area contributed by atoms with Gasteiger partial charge in [-0.15, -0.1) is 0 Å². The molecule has 14 heteroatoms. The lowest BCUT2D eigenvalue weighted by atomic mass is 9.94. The number of carbonyl (C=O) groups excluding carboxylic acids is 3. The van der Waals surface area contributed by atoms with Crippen LogP contribution in [-0.2, 0) is 33.7 Å². The smallest absolute Gasteiger partial charge is 0.404 e. The molecule has 3 aromatic carbocycles. The molecule has 1 aromatic heterocycles. The Balaban J connectivity index is 1.40. The quantitative estimate of drug-likeness (QED) is 0.242. The molecule has 47 heavy (non-hydrogen) atoms. The number of pyridine rings is 1. The average Bonchev–Trinajstić information content (AvgIpc) is 3.04. The highest BCUT2D eigenvalue weighted by Gasteiger charge is 2.54. The molecule has 3 atom stereocenters. The van der Waals surface area contributed by atoms with E-state index in [1.54, 1.807) is 48.3 Å². The molecule has 2 aliphatic heterocycles. The first kappa shape index (κ1) is 32.1. The van der Waals surface area contributed by atoms with Gasteiger partial charge >= 0.3 is 13.9 Å². The van der Waals surface area contributed by atoms with E-state index in [1.807, 2.05) is 60.7 Å². The number of rotatable bonds is 8. The number of phosphoric ester groups is 1. The highest BCUT2D eigenvalue weighted by Crippen LogP contribution is 2.40. The first-order chi connectivity index (χ1) is 22.5. The van der Waals surface area contributed by atoms with Crippen molar-refractivity contribution in [3.63, 3.8) is 0 Å². The zero-order chi connectivity index (χ0) is 33.3. The zero-order valence-corrected chi connectivity index (χ0v) is 26.7. The van der Waals surface area contributed by atoms with E-state index in [0.717, 1.165) is 22.0 Å². The number of phosphoric acid groups is 1. The van der Waals surface area contributed by atoms with Gasteiger partial charge in [-0.1, -0.05) is 72.8 Å². The van der Waals surface area contributed by atoms with Crippen LogP contribution in [0.25, 0.3) is 10.9 Å². The number of fused-ring (bicyclic) bond motifs is 2. The predicted octanol–water partition coefficient (Wildman–Crippen LogP) is 3.28. The first-order valence-electron chi connectivity index (χ1n) is 15.1.